The predicted molar refractivity (Wildman–Crippen MR) is 133 cm³/mol. The summed E-state index contributed by atoms with van der Waals surface area (Å²) in [6, 6.07) is 10.0. The summed E-state index contributed by atoms with van der Waals surface area (Å²) in [6.45, 7) is 1.52. The Hall–Kier alpha value is -4.22. The number of benzene rings is 1. The second-order valence-electron chi connectivity index (χ2n) is 9.77. The largest absolute Gasteiger partial charge is 0.368 e. The van der Waals surface area contributed by atoms with Crippen molar-refractivity contribution in [3.63, 3.8) is 0 Å². The second kappa shape index (κ2) is 8.71. The molecule has 37 heavy (non-hydrogen) atoms. The standard InChI is InChI=1S/C25H24F3N9/c1-36-24(32-16-3-4-17(18(26)8-16)19-6-7-30-23(29)33-19)34-22(35-36)14-2-5-20(31-11-14)37-12-25(13-37)9-15(10-25)21(27)28/h2-8,11,15,21H,9-10,12-13H2,1H3,(H2,29,30,33)(H,32,34,35). The van der Waals surface area contributed by atoms with Gasteiger partial charge in [-0.05, 0) is 49.2 Å². The number of alkyl halides is 2. The molecule has 1 saturated heterocycles. The molecule has 2 fully saturated rings. The average Bonchev–Trinajstić information content (AvgIpc) is 3.17. The molecule has 0 amide bonds. The van der Waals surface area contributed by atoms with Gasteiger partial charge in [0.05, 0.1) is 5.69 Å². The fourth-order valence-electron chi connectivity index (χ4n) is 5.19. The molecule has 0 bridgehead atoms. The smallest absolute Gasteiger partial charge is 0.241 e. The molecule has 3 aromatic heterocycles. The third-order valence-electron chi connectivity index (χ3n) is 7.07. The number of anilines is 4. The maximum atomic E-state index is 14.8. The van der Waals surface area contributed by atoms with Gasteiger partial charge < -0.3 is 16.0 Å². The Morgan fingerprint density at radius 2 is 1.89 bits per heavy atom. The number of nitrogens with zero attached hydrogens (tertiary/aromatic N) is 7. The van der Waals surface area contributed by atoms with E-state index < -0.39 is 18.2 Å². The first-order valence-corrected chi connectivity index (χ1v) is 11.8. The van der Waals surface area contributed by atoms with Crippen LogP contribution in [0, 0.1) is 17.2 Å². The molecule has 0 radical (unpaired) electrons. The van der Waals surface area contributed by atoms with E-state index in [0.29, 0.717) is 41.6 Å². The molecule has 6 rings (SSSR count). The van der Waals surface area contributed by atoms with Gasteiger partial charge in [0.1, 0.15) is 11.6 Å². The van der Waals surface area contributed by atoms with Gasteiger partial charge in [-0.3, -0.25) is 0 Å². The fraction of sp³-hybridized carbons (Fsp3) is 0.320. The second-order valence-corrected chi connectivity index (χ2v) is 9.77. The predicted octanol–water partition coefficient (Wildman–Crippen LogP) is 4.28. The van der Waals surface area contributed by atoms with E-state index in [-0.39, 0.29) is 11.4 Å². The van der Waals surface area contributed by atoms with Crippen LogP contribution in [-0.4, -0.2) is 49.2 Å². The summed E-state index contributed by atoms with van der Waals surface area (Å²) in [5.74, 6) is 0.859. The van der Waals surface area contributed by atoms with Crippen LogP contribution in [-0.2, 0) is 7.05 Å². The number of aromatic nitrogens is 6. The topological polar surface area (TPSA) is 111 Å². The van der Waals surface area contributed by atoms with Gasteiger partial charge in [-0.25, -0.2) is 32.8 Å². The molecule has 1 spiro atoms. The number of halogens is 3. The van der Waals surface area contributed by atoms with E-state index >= 15 is 0 Å². The Labute approximate surface area is 210 Å². The third kappa shape index (κ3) is 4.32. The highest BCUT2D eigenvalue weighted by Gasteiger charge is 2.54. The minimum absolute atomic E-state index is 0.0322. The number of nitrogens with one attached hydrogen (secondary N) is 1. The van der Waals surface area contributed by atoms with Crippen LogP contribution in [0.5, 0.6) is 0 Å². The lowest BCUT2D eigenvalue weighted by molar-refractivity contribution is -0.0658. The van der Waals surface area contributed by atoms with Crippen LogP contribution in [0.1, 0.15) is 12.8 Å². The van der Waals surface area contributed by atoms with E-state index in [1.54, 1.807) is 36.1 Å². The van der Waals surface area contributed by atoms with Crippen molar-refractivity contribution in [3.05, 3.63) is 54.6 Å². The number of hydrogen-bond donors (Lipinski definition) is 2. The molecular formula is C25H24F3N9. The van der Waals surface area contributed by atoms with E-state index in [9.17, 15) is 13.2 Å². The van der Waals surface area contributed by atoms with Gasteiger partial charge in [0.2, 0.25) is 18.3 Å². The van der Waals surface area contributed by atoms with Gasteiger partial charge in [-0.2, -0.15) is 4.98 Å². The lowest BCUT2D eigenvalue weighted by Gasteiger charge is -2.59. The van der Waals surface area contributed by atoms with Crippen LogP contribution in [0.4, 0.5) is 36.6 Å². The average molecular weight is 508 g/mol. The van der Waals surface area contributed by atoms with E-state index in [1.165, 1.54) is 12.3 Å². The zero-order valence-electron chi connectivity index (χ0n) is 19.9. The third-order valence-corrected chi connectivity index (χ3v) is 7.07. The first-order valence-electron chi connectivity index (χ1n) is 11.8. The van der Waals surface area contributed by atoms with Gasteiger partial charge in [0.25, 0.3) is 0 Å². The first-order chi connectivity index (χ1) is 17.8. The van der Waals surface area contributed by atoms with Crippen molar-refractivity contribution in [2.75, 3.05) is 29.0 Å². The highest BCUT2D eigenvalue weighted by atomic mass is 19.3. The molecule has 1 aliphatic heterocycles. The van der Waals surface area contributed by atoms with Crippen molar-refractivity contribution < 1.29 is 13.2 Å². The summed E-state index contributed by atoms with van der Waals surface area (Å²) in [5, 5.41) is 7.53. The molecule has 12 heteroatoms. The van der Waals surface area contributed by atoms with E-state index in [1.807, 2.05) is 12.1 Å². The van der Waals surface area contributed by atoms with Crippen molar-refractivity contribution in [1.82, 2.24) is 29.7 Å². The molecule has 9 nitrogen and oxygen atoms in total. The summed E-state index contributed by atoms with van der Waals surface area (Å²) in [4.78, 5) is 19.1. The van der Waals surface area contributed by atoms with E-state index in [0.717, 1.165) is 24.5 Å². The molecule has 2 aliphatic rings. The normalized spacial score (nSPS) is 16.6. The molecule has 1 aliphatic carbocycles. The SMILES string of the molecule is Cn1nc(-c2ccc(N3CC4(CC(C(F)F)C4)C3)nc2)nc1Nc1ccc(-c2ccnc(N)n2)c(F)c1. The van der Waals surface area contributed by atoms with Crippen molar-refractivity contribution in [1.29, 1.82) is 0 Å². The minimum atomic E-state index is -2.22. The lowest BCUT2D eigenvalue weighted by atomic mass is 9.58. The van der Waals surface area contributed by atoms with Crippen molar-refractivity contribution in [3.8, 4) is 22.6 Å². The lowest BCUT2D eigenvalue weighted by Crippen LogP contribution is -2.63. The van der Waals surface area contributed by atoms with Crippen molar-refractivity contribution in [2.45, 2.75) is 19.3 Å². The number of nitrogens with two attached hydrogens (primary N) is 1. The van der Waals surface area contributed by atoms with Gasteiger partial charge >= 0.3 is 0 Å². The summed E-state index contributed by atoms with van der Waals surface area (Å²) in [5.41, 5.74) is 7.57. The molecular weight excluding hydrogens is 483 g/mol. The Morgan fingerprint density at radius 1 is 1.08 bits per heavy atom. The maximum Gasteiger partial charge on any atom is 0.241 e. The van der Waals surface area contributed by atoms with E-state index in [4.69, 9.17) is 5.73 Å². The van der Waals surface area contributed by atoms with Crippen molar-refractivity contribution >= 4 is 23.4 Å². The molecule has 4 aromatic rings. The van der Waals surface area contributed by atoms with Crippen LogP contribution in [0.2, 0.25) is 0 Å². The van der Waals surface area contributed by atoms with Gasteiger partial charge in [0, 0.05) is 60.7 Å². The van der Waals surface area contributed by atoms with Crippen LogP contribution in [0.15, 0.2) is 48.8 Å². The molecule has 4 heterocycles. The molecule has 1 aromatic carbocycles. The van der Waals surface area contributed by atoms with Gasteiger partial charge in [0.15, 0.2) is 5.82 Å². The number of pyridine rings is 1. The van der Waals surface area contributed by atoms with Crippen LogP contribution < -0.4 is 16.0 Å². The minimum Gasteiger partial charge on any atom is -0.368 e. The fourth-order valence-corrected chi connectivity index (χ4v) is 5.19. The highest BCUT2D eigenvalue weighted by molar-refractivity contribution is 5.66. The Balaban J connectivity index is 1.12. The zero-order chi connectivity index (χ0) is 25.7. The number of hydrogen-bond acceptors (Lipinski definition) is 8. The van der Waals surface area contributed by atoms with Crippen LogP contribution in [0.3, 0.4) is 0 Å². The van der Waals surface area contributed by atoms with Crippen molar-refractivity contribution in [2.24, 2.45) is 18.4 Å². The highest BCUT2D eigenvalue weighted by Crippen LogP contribution is 2.54. The van der Waals surface area contributed by atoms with Gasteiger partial charge in [-0.1, -0.05) is 0 Å². The first kappa shape index (κ1) is 23.2. The molecule has 0 unspecified atom stereocenters. The number of nitrogen functional groups attached to an aromatic ring is 1. The molecule has 190 valence electrons. The Morgan fingerprint density at radius 3 is 2.57 bits per heavy atom. The van der Waals surface area contributed by atoms with Crippen LogP contribution >= 0.6 is 0 Å². The summed E-state index contributed by atoms with van der Waals surface area (Å²) < 4.78 is 41.9. The Kier molecular flexibility index (Phi) is 5.46. The monoisotopic (exact) mass is 507 g/mol. The number of aryl methyl sites for hydroxylation is 1. The molecule has 0 atom stereocenters. The summed E-state index contributed by atoms with van der Waals surface area (Å²) in [6.07, 6.45) is 2.14. The summed E-state index contributed by atoms with van der Waals surface area (Å²) >= 11 is 0. The van der Waals surface area contributed by atoms with Gasteiger partial charge in [-0.15, -0.1) is 5.10 Å². The zero-order valence-corrected chi connectivity index (χ0v) is 19.9. The summed E-state index contributed by atoms with van der Waals surface area (Å²) in [7, 11) is 1.74. The van der Waals surface area contributed by atoms with Crippen LogP contribution in [0.25, 0.3) is 22.6 Å². The molecule has 1 saturated carbocycles. The van der Waals surface area contributed by atoms with E-state index in [2.05, 4.69) is 35.3 Å². The maximum absolute atomic E-state index is 14.8. The molecule has 3 N–H and O–H groups in total. The quantitative estimate of drug-likeness (QED) is 0.398. The Bertz CT molecular complexity index is 1440. The number of rotatable bonds is 6.